The van der Waals surface area contributed by atoms with Crippen LogP contribution in [0.15, 0.2) is 47.4 Å². The van der Waals surface area contributed by atoms with E-state index in [2.05, 4.69) is 5.32 Å². The summed E-state index contributed by atoms with van der Waals surface area (Å²) >= 11 is 1.19. The Bertz CT molecular complexity index is 927. The molecule has 1 atom stereocenters. The van der Waals surface area contributed by atoms with Crippen molar-refractivity contribution in [3.63, 3.8) is 0 Å². The van der Waals surface area contributed by atoms with Gasteiger partial charge in [-0.3, -0.25) is 19.7 Å². The van der Waals surface area contributed by atoms with Gasteiger partial charge in [0.2, 0.25) is 0 Å². The summed E-state index contributed by atoms with van der Waals surface area (Å²) in [4.78, 5) is 46.7. The first-order valence-corrected chi connectivity index (χ1v) is 9.40. The quantitative estimate of drug-likeness (QED) is 0.247. The molecule has 2 aromatic carbocycles. The molecule has 9 heteroatoms. The second-order valence-corrected chi connectivity index (χ2v) is 6.66. The number of nitrogens with zero attached hydrogens (tertiary/aromatic N) is 1. The molecule has 8 nitrogen and oxygen atoms in total. The van der Waals surface area contributed by atoms with Gasteiger partial charge in [0.15, 0.2) is 11.9 Å². The Morgan fingerprint density at radius 2 is 1.71 bits per heavy atom. The van der Waals surface area contributed by atoms with E-state index in [9.17, 15) is 24.5 Å². The van der Waals surface area contributed by atoms with Crippen LogP contribution in [0.1, 0.15) is 34.6 Å². The second-order valence-electron chi connectivity index (χ2n) is 5.81. The first kappa shape index (κ1) is 21.1. The number of carbonyl (C=O) groups is 3. The number of nitro groups is 1. The summed E-state index contributed by atoms with van der Waals surface area (Å²) in [6, 6.07) is 10.3. The number of ketones is 1. The highest BCUT2D eigenvalue weighted by Crippen LogP contribution is 2.28. The number of Topliss-reactive ketones (excluding diaryl/α,β-unsaturated/α-hetero) is 1. The number of nitro benzene ring substituents is 1. The highest BCUT2D eigenvalue weighted by atomic mass is 32.2. The largest absolute Gasteiger partial charge is 0.449 e. The van der Waals surface area contributed by atoms with Crippen LogP contribution in [0.25, 0.3) is 0 Å². The lowest BCUT2D eigenvalue weighted by molar-refractivity contribution is -0.387. The fourth-order valence-corrected chi connectivity index (χ4v) is 2.82. The van der Waals surface area contributed by atoms with E-state index in [4.69, 9.17) is 4.74 Å². The number of hydrogen-bond donors (Lipinski definition) is 1. The first-order chi connectivity index (χ1) is 13.2. The van der Waals surface area contributed by atoms with Crippen molar-refractivity contribution in [1.29, 1.82) is 0 Å². The van der Waals surface area contributed by atoms with Crippen LogP contribution < -0.4 is 5.32 Å². The molecule has 2 rings (SSSR count). The Kier molecular flexibility index (Phi) is 6.89. The smallest absolute Gasteiger partial charge is 0.339 e. The van der Waals surface area contributed by atoms with Crippen LogP contribution in [0.3, 0.4) is 0 Å². The van der Waals surface area contributed by atoms with Gasteiger partial charge in [-0.2, -0.15) is 0 Å². The lowest BCUT2D eigenvalue weighted by Gasteiger charge is -2.14. The molecule has 0 fully saturated rings. The van der Waals surface area contributed by atoms with E-state index >= 15 is 0 Å². The Hall–Kier alpha value is -3.20. The molecule has 0 saturated heterocycles. The summed E-state index contributed by atoms with van der Waals surface area (Å²) in [5, 5.41) is 13.7. The summed E-state index contributed by atoms with van der Waals surface area (Å²) in [7, 11) is 0. The molecule has 28 heavy (non-hydrogen) atoms. The minimum absolute atomic E-state index is 0.0186. The number of ether oxygens (including phenoxy) is 1. The van der Waals surface area contributed by atoms with E-state index < -0.39 is 22.9 Å². The number of amides is 1. The SMILES string of the molecule is CSc1ccc(C(=O)O[C@H](C)C(=O)Nc2ccc(C(C)=O)cc2)cc1[N+](=O)[O-]. The molecule has 0 aliphatic heterocycles. The van der Waals surface area contributed by atoms with Crippen LogP contribution in [-0.2, 0) is 9.53 Å². The summed E-state index contributed by atoms with van der Waals surface area (Å²) in [5.74, 6) is -1.51. The number of hydrogen-bond acceptors (Lipinski definition) is 7. The zero-order chi connectivity index (χ0) is 20.8. The molecule has 0 bridgehead atoms. The van der Waals surface area contributed by atoms with E-state index in [1.54, 1.807) is 30.5 Å². The lowest BCUT2D eigenvalue weighted by atomic mass is 10.1. The number of rotatable bonds is 7. The molecule has 2 aromatic rings. The summed E-state index contributed by atoms with van der Waals surface area (Å²) in [6.07, 6.45) is 0.564. The van der Waals surface area contributed by atoms with Crippen molar-refractivity contribution >= 4 is 40.8 Å². The number of nitrogens with one attached hydrogen (secondary N) is 1. The van der Waals surface area contributed by atoms with Crippen LogP contribution in [0.5, 0.6) is 0 Å². The maximum absolute atomic E-state index is 12.2. The monoisotopic (exact) mass is 402 g/mol. The number of benzene rings is 2. The van der Waals surface area contributed by atoms with Crippen molar-refractivity contribution in [1.82, 2.24) is 0 Å². The summed E-state index contributed by atoms with van der Waals surface area (Å²) in [5.41, 5.74) is 0.727. The van der Waals surface area contributed by atoms with E-state index in [0.29, 0.717) is 16.1 Å². The maximum Gasteiger partial charge on any atom is 0.339 e. The molecule has 1 N–H and O–H groups in total. The van der Waals surface area contributed by atoms with Crippen LogP contribution >= 0.6 is 11.8 Å². The highest BCUT2D eigenvalue weighted by Gasteiger charge is 2.22. The van der Waals surface area contributed by atoms with Crippen LogP contribution in [0.2, 0.25) is 0 Å². The van der Waals surface area contributed by atoms with Gasteiger partial charge in [0.1, 0.15) is 0 Å². The van der Waals surface area contributed by atoms with Gasteiger partial charge in [0.25, 0.3) is 11.6 Å². The molecular weight excluding hydrogens is 384 g/mol. The van der Waals surface area contributed by atoms with Gasteiger partial charge in [-0.15, -0.1) is 11.8 Å². The summed E-state index contributed by atoms with van der Waals surface area (Å²) < 4.78 is 5.11. The Morgan fingerprint density at radius 3 is 2.25 bits per heavy atom. The number of carbonyl (C=O) groups excluding carboxylic acids is 3. The third-order valence-electron chi connectivity index (χ3n) is 3.82. The lowest BCUT2D eigenvalue weighted by Crippen LogP contribution is -2.30. The van der Waals surface area contributed by atoms with E-state index in [-0.39, 0.29) is 17.0 Å². The zero-order valence-electron chi connectivity index (χ0n) is 15.4. The first-order valence-electron chi connectivity index (χ1n) is 8.18. The fourth-order valence-electron chi connectivity index (χ4n) is 2.27. The van der Waals surface area contributed by atoms with Crippen molar-refractivity contribution in [2.24, 2.45) is 0 Å². The maximum atomic E-state index is 12.2. The summed E-state index contributed by atoms with van der Waals surface area (Å²) in [6.45, 7) is 2.83. The standard InChI is InChI=1S/C19H18N2O6S/c1-11(22)13-4-7-15(8-5-13)20-18(23)12(2)27-19(24)14-6-9-17(28-3)16(10-14)21(25)26/h4-10,12H,1-3H3,(H,20,23)/t12-/m1/s1. The second kappa shape index (κ2) is 9.14. The molecule has 146 valence electrons. The molecule has 0 spiro atoms. The molecule has 0 saturated carbocycles. The number of anilines is 1. The fraction of sp³-hybridized carbons (Fsp3) is 0.211. The van der Waals surface area contributed by atoms with Crippen molar-refractivity contribution < 1.29 is 24.0 Å². The van der Waals surface area contributed by atoms with Crippen molar-refractivity contribution in [3.05, 3.63) is 63.7 Å². The average Bonchev–Trinajstić information content (AvgIpc) is 2.67. The molecule has 0 aliphatic rings. The van der Waals surface area contributed by atoms with Crippen LogP contribution in [0.4, 0.5) is 11.4 Å². The Balaban J connectivity index is 2.05. The number of esters is 1. The predicted octanol–water partition coefficient (Wildman–Crippen LogP) is 3.70. The van der Waals surface area contributed by atoms with Gasteiger partial charge in [-0.25, -0.2) is 4.79 Å². The molecule has 0 radical (unpaired) electrons. The van der Waals surface area contributed by atoms with Crippen molar-refractivity contribution in [2.45, 2.75) is 24.8 Å². The van der Waals surface area contributed by atoms with Crippen LogP contribution in [0, 0.1) is 10.1 Å². The Labute approximate surface area is 165 Å². The minimum atomic E-state index is -1.13. The van der Waals surface area contributed by atoms with Gasteiger partial charge < -0.3 is 10.1 Å². The Morgan fingerprint density at radius 1 is 1.11 bits per heavy atom. The topological polar surface area (TPSA) is 116 Å². The third-order valence-corrected chi connectivity index (χ3v) is 4.61. The zero-order valence-corrected chi connectivity index (χ0v) is 16.2. The van der Waals surface area contributed by atoms with Crippen molar-refractivity contribution in [2.75, 3.05) is 11.6 Å². The predicted molar refractivity (Wildman–Crippen MR) is 105 cm³/mol. The number of thioether (sulfide) groups is 1. The average molecular weight is 402 g/mol. The van der Waals surface area contributed by atoms with Gasteiger partial charge in [0.05, 0.1) is 15.4 Å². The van der Waals surface area contributed by atoms with Crippen molar-refractivity contribution in [3.8, 4) is 0 Å². The highest BCUT2D eigenvalue weighted by molar-refractivity contribution is 7.98. The van der Waals surface area contributed by atoms with Crippen LogP contribution in [-0.4, -0.2) is 34.9 Å². The normalized spacial score (nSPS) is 11.4. The minimum Gasteiger partial charge on any atom is -0.449 e. The molecule has 0 aliphatic carbocycles. The van der Waals surface area contributed by atoms with E-state index in [1.807, 2.05) is 0 Å². The molecule has 1 amide bonds. The van der Waals surface area contributed by atoms with Gasteiger partial charge >= 0.3 is 5.97 Å². The molecular formula is C19H18N2O6S. The molecule has 0 aromatic heterocycles. The van der Waals surface area contributed by atoms with Gasteiger partial charge in [-0.05, 0) is 56.5 Å². The molecule has 0 unspecified atom stereocenters. The molecule has 0 heterocycles. The third kappa shape index (κ3) is 5.17. The van der Waals surface area contributed by atoms with E-state index in [0.717, 1.165) is 6.07 Å². The van der Waals surface area contributed by atoms with E-state index in [1.165, 1.54) is 37.7 Å². The van der Waals surface area contributed by atoms with Gasteiger partial charge in [-0.1, -0.05) is 0 Å². The van der Waals surface area contributed by atoms with Gasteiger partial charge in [0, 0.05) is 17.3 Å².